The number of rotatable bonds is 3. The highest BCUT2D eigenvalue weighted by atomic mass is 19.2. The van der Waals surface area contributed by atoms with Crippen molar-refractivity contribution in [3.05, 3.63) is 42.4 Å². The molecule has 1 fully saturated rings. The summed E-state index contributed by atoms with van der Waals surface area (Å²) < 4.78 is 28.2. The van der Waals surface area contributed by atoms with Gasteiger partial charge in [-0.25, -0.2) is 18.4 Å². The first-order valence-electron chi connectivity index (χ1n) is 7.46. The zero-order chi connectivity index (χ0) is 16.7. The third-order valence-corrected chi connectivity index (χ3v) is 4.16. The van der Waals surface area contributed by atoms with Gasteiger partial charge in [0.05, 0.1) is 36.5 Å². The minimum absolute atomic E-state index is 0.276. The van der Waals surface area contributed by atoms with E-state index < -0.39 is 17.2 Å². The van der Waals surface area contributed by atoms with Gasteiger partial charge in [-0.05, 0) is 6.42 Å². The Hall–Kier alpha value is -2.68. The van der Waals surface area contributed by atoms with Gasteiger partial charge in [0, 0.05) is 24.9 Å². The number of halogens is 2. The number of anilines is 1. The van der Waals surface area contributed by atoms with Gasteiger partial charge in [-0.1, -0.05) is 5.21 Å². The summed E-state index contributed by atoms with van der Waals surface area (Å²) in [5, 5.41) is 18.3. The first kappa shape index (κ1) is 14.9. The molecular weight excluding hydrogens is 318 g/mol. The minimum atomic E-state index is -0.960. The Kier molecular flexibility index (Phi) is 3.38. The average Bonchev–Trinajstić information content (AvgIpc) is 3.18. The van der Waals surface area contributed by atoms with Crippen LogP contribution in [0.3, 0.4) is 0 Å². The largest absolute Gasteiger partial charge is 0.386 e. The maximum Gasteiger partial charge on any atom is 0.161 e. The van der Waals surface area contributed by atoms with Crippen molar-refractivity contribution >= 4 is 16.9 Å². The topological polar surface area (TPSA) is 80.0 Å². The summed E-state index contributed by atoms with van der Waals surface area (Å²) in [7, 11) is 0. The molecule has 3 aromatic rings. The second-order valence-corrected chi connectivity index (χ2v) is 5.98. The number of nitrogens with zero attached hydrogens (tertiary/aromatic N) is 6. The van der Waals surface area contributed by atoms with Gasteiger partial charge < -0.3 is 10.0 Å². The van der Waals surface area contributed by atoms with Crippen LogP contribution in [-0.2, 0) is 6.54 Å². The Morgan fingerprint density at radius 1 is 1.21 bits per heavy atom. The van der Waals surface area contributed by atoms with Crippen LogP contribution in [0.4, 0.5) is 14.6 Å². The molecule has 124 valence electrons. The van der Waals surface area contributed by atoms with Crippen molar-refractivity contribution in [3.63, 3.8) is 0 Å². The Morgan fingerprint density at radius 3 is 2.75 bits per heavy atom. The maximum atomic E-state index is 13.4. The molecule has 0 aliphatic carbocycles. The van der Waals surface area contributed by atoms with Gasteiger partial charge in [0.2, 0.25) is 0 Å². The normalized spacial score (nSPS) is 20.9. The van der Waals surface area contributed by atoms with E-state index in [1.54, 1.807) is 17.1 Å². The number of aromatic nitrogens is 5. The monoisotopic (exact) mass is 332 g/mol. The lowest BCUT2D eigenvalue weighted by atomic mass is 10.0. The molecule has 4 rings (SSSR count). The average molecular weight is 332 g/mol. The molecule has 1 N–H and O–H groups in total. The summed E-state index contributed by atoms with van der Waals surface area (Å²) in [4.78, 5) is 10.3. The lowest BCUT2D eigenvalue weighted by molar-refractivity contribution is 0.0408. The SMILES string of the molecule is OC1(Cn2ccnn2)CCN(c2cnc3cc(F)c(F)cc3n2)C1. The van der Waals surface area contributed by atoms with Crippen LogP contribution in [0.25, 0.3) is 11.0 Å². The van der Waals surface area contributed by atoms with Crippen molar-refractivity contribution in [2.24, 2.45) is 0 Å². The van der Waals surface area contributed by atoms with Gasteiger partial charge in [0.25, 0.3) is 0 Å². The van der Waals surface area contributed by atoms with Gasteiger partial charge in [-0.15, -0.1) is 5.10 Å². The summed E-state index contributed by atoms with van der Waals surface area (Å²) >= 11 is 0. The van der Waals surface area contributed by atoms with Crippen LogP contribution in [-0.4, -0.2) is 48.8 Å². The lowest BCUT2D eigenvalue weighted by Gasteiger charge is -2.23. The van der Waals surface area contributed by atoms with Crippen LogP contribution in [0.1, 0.15) is 6.42 Å². The van der Waals surface area contributed by atoms with Crippen LogP contribution in [0, 0.1) is 11.6 Å². The maximum absolute atomic E-state index is 13.4. The van der Waals surface area contributed by atoms with Crippen molar-refractivity contribution in [3.8, 4) is 0 Å². The highest BCUT2D eigenvalue weighted by molar-refractivity contribution is 5.75. The zero-order valence-corrected chi connectivity index (χ0v) is 12.6. The minimum Gasteiger partial charge on any atom is -0.386 e. The third-order valence-electron chi connectivity index (χ3n) is 4.16. The summed E-state index contributed by atoms with van der Waals surface area (Å²) in [5.41, 5.74) is -0.397. The first-order chi connectivity index (χ1) is 11.5. The lowest BCUT2D eigenvalue weighted by Crippen LogP contribution is -2.38. The highest BCUT2D eigenvalue weighted by Crippen LogP contribution is 2.27. The van der Waals surface area contributed by atoms with Crippen molar-refractivity contribution in [2.45, 2.75) is 18.6 Å². The van der Waals surface area contributed by atoms with E-state index in [9.17, 15) is 13.9 Å². The fourth-order valence-corrected chi connectivity index (χ4v) is 2.95. The zero-order valence-electron chi connectivity index (χ0n) is 12.6. The van der Waals surface area contributed by atoms with E-state index in [-0.39, 0.29) is 11.0 Å². The van der Waals surface area contributed by atoms with E-state index >= 15 is 0 Å². The molecular formula is C15H14F2N6O. The fourth-order valence-electron chi connectivity index (χ4n) is 2.95. The molecule has 1 unspecified atom stereocenters. The molecule has 1 aliphatic heterocycles. The molecule has 1 saturated heterocycles. The standard InChI is InChI=1S/C15H14F2N6O/c16-10-5-12-13(6-11(10)17)20-14(7-18-12)22-3-1-15(24,8-22)9-23-4-2-19-21-23/h2,4-7,24H,1,3,8-9H2. The molecule has 0 saturated carbocycles. The van der Waals surface area contributed by atoms with Gasteiger partial charge >= 0.3 is 0 Å². The fraction of sp³-hybridized carbons (Fsp3) is 0.333. The van der Waals surface area contributed by atoms with Crippen molar-refractivity contribution in [1.29, 1.82) is 0 Å². The van der Waals surface area contributed by atoms with Crippen LogP contribution in [0.2, 0.25) is 0 Å². The second kappa shape index (κ2) is 5.45. The molecule has 0 bridgehead atoms. The number of hydrogen-bond acceptors (Lipinski definition) is 6. The van der Waals surface area contributed by atoms with E-state index in [4.69, 9.17) is 0 Å². The Bertz CT molecular complexity index is 887. The predicted molar refractivity (Wildman–Crippen MR) is 81.3 cm³/mol. The van der Waals surface area contributed by atoms with E-state index in [1.807, 2.05) is 4.90 Å². The van der Waals surface area contributed by atoms with Crippen LogP contribution in [0.5, 0.6) is 0 Å². The number of aliphatic hydroxyl groups is 1. The number of hydrogen-bond donors (Lipinski definition) is 1. The summed E-state index contributed by atoms with van der Waals surface area (Å²) in [6.45, 7) is 1.25. The smallest absolute Gasteiger partial charge is 0.161 e. The molecule has 0 spiro atoms. The molecule has 0 radical (unpaired) electrons. The Balaban J connectivity index is 1.58. The van der Waals surface area contributed by atoms with Gasteiger partial charge in [0.15, 0.2) is 11.6 Å². The molecule has 1 aliphatic rings. The Morgan fingerprint density at radius 2 is 2.00 bits per heavy atom. The number of β-amino-alcohol motifs (C(OH)–C–C–N with tert-alkyl or cyclic N) is 1. The van der Waals surface area contributed by atoms with E-state index in [2.05, 4.69) is 20.3 Å². The Labute approximate surface area is 135 Å². The summed E-state index contributed by atoms with van der Waals surface area (Å²) in [6, 6.07) is 2.05. The van der Waals surface area contributed by atoms with Crippen molar-refractivity contribution in [1.82, 2.24) is 25.0 Å². The predicted octanol–water partition coefficient (Wildman–Crippen LogP) is 1.14. The summed E-state index contributed by atoms with van der Waals surface area (Å²) in [5.74, 6) is -1.39. The second-order valence-electron chi connectivity index (χ2n) is 5.98. The van der Waals surface area contributed by atoms with Crippen LogP contribution in [0.15, 0.2) is 30.7 Å². The molecule has 1 aromatic carbocycles. The van der Waals surface area contributed by atoms with Gasteiger partial charge in [-0.3, -0.25) is 4.98 Å². The summed E-state index contributed by atoms with van der Waals surface area (Å²) in [6.07, 6.45) is 5.28. The van der Waals surface area contributed by atoms with Gasteiger partial charge in [-0.2, -0.15) is 0 Å². The number of fused-ring (bicyclic) bond motifs is 1. The first-order valence-corrected chi connectivity index (χ1v) is 7.46. The van der Waals surface area contributed by atoms with E-state index in [1.165, 1.54) is 6.20 Å². The van der Waals surface area contributed by atoms with Crippen LogP contribution >= 0.6 is 0 Å². The molecule has 1 atom stereocenters. The molecule has 24 heavy (non-hydrogen) atoms. The molecule has 7 nitrogen and oxygen atoms in total. The quantitative estimate of drug-likeness (QED) is 0.775. The third kappa shape index (κ3) is 2.67. The van der Waals surface area contributed by atoms with E-state index in [0.717, 1.165) is 12.1 Å². The molecule has 0 amide bonds. The van der Waals surface area contributed by atoms with E-state index in [0.29, 0.717) is 31.9 Å². The van der Waals surface area contributed by atoms with Crippen molar-refractivity contribution in [2.75, 3.05) is 18.0 Å². The number of benzene rings is 1. The van der Waals surface area contributed by atoms with Gasteiger partial charge in [0.1, 0.15) is 11.4 Å². The highest BCUT2D eigenvalue weighted by Gasteiger charge is 2.37. The molecule has 9 heteroatoms. The molecule has 3 heterocycles. The van der Waals surface area contributed by atoms with Crippen LogP contribution < -0.4 is 4.90 Å². The van der Waals surface area contributed by atoms with Crippen molar-refractivity contribution < 1.29 is 13.9 Å². The molecule has 2 aromatic heterocycles.